The molecule has 0 spiro atoms. The first kappa shape index (κ1) is 21.6. The number of rotatable bonds is 5. The molecule has 0 saturated carbocycles. The number of amides is 1. The number of halogens is 1. The van der Waals surface area contributed by atoms with Gasteiger partial charge in [-0.2, -0.15) is 19.4 Å². The zero-order chi connectivity index (χ0) is 22.2. The molecule has 0 aliphatic carbocycles. The lowest BCUT2D eigenvalue weighted by atomic mass is 10.0. The molecule has 10 nitrogen and oxygen atoms in total. The molecule has 1 amide bonds. The molecule has 1 aromatic carbocycles. The molecular formula is C19H24FN5O5. The summed E-state index contributed by atoms with van der Waals surface area (Å²) >= 11 is 0. The third-order valence-corrected chi connectivity index (χ3v) is 4.69. The maximum Gasteiger partial charge on any atom is 0.410 e. The maximum atomic E-state index is 14.9. The Hall–Kier alpha value is -3.08. The molecule has 0 radical (unpaired) electrons. The summed E-state index contributed by atoms with van der Waals surface area (Å²) in [6.45, 7) is 7.76. The molecular weight excluding hydrogens is 397 g/mol. The Morgan fingerprint density at radius 2 is 2.07 bits per heavy atom. The van der Waals surface area contributed by atoms with Crippen LogP contribution in [0.15, 0.2) is 18.2 Å². The third kappa shape index (κ3) is 4.25. The lowest BCUT2D eigenvalue weighted by Gasteiger charge is -2.28. The van der Waals surface area contributed by atoms with Crippen molar-refractivity contribution in [2.24, 2.45) is 0 Å². The molecule has 1 saturated heterocycles. The number of nitro groups is 1. The van der Waals surface area contributed by atoms with Gasteiger partial charge in [0.1, 0.15) is 23.0 Å². The van der Waals surface area contributed by atoms with E-state index < -0.39 is 34.2 Å². The van der Waals surface area contributed by atoms with Crippen LogP contribution in [0.3, 0.4) is 0 Å². The minimum Gasteiger partial charge on any atom is -0.444 e. The van der Waals surface area contributed by atoms with E-state index in [0.29, 0.717) is 18.9 Å². The second-order valence-corrected chi connectivity index (χ2v) is 8.11. The van der Waals surface area contributed by atoms with Gasteiger partial charge in [0.15, 0.2) is 0 Å². The predicted octanol–water partition coefficient (Wildman–Crippen LogP) is 3.49. The zero-order valence-electron chi connectivity index (χ0n) is 17.5. The van der Waals surface area contributed by atoms with Gasteiger partial charge in [0, 0.05) is 18.7 Å². The fourth-order valence-corrected chi connectivity index (χ4v) is 2.85. The van der Waals surface area contributed by atoms with Gasteiger partial charge in [-0.3, -0.25) is 10.1 Å². The number of hydrogen-bond donors (Lipinski definition) is 0. The molecule has 0 bridgehead atoms. The van der Waals surface area contributed by atoms with Crippen LogP contribution >= 0.6 is 0 Å². The lowest BCUT2D eigenvalue weighted by molar-refractivity contribution is -0.387. The quantitative estimate of drug-likeness (QED) is 0.536. The van der Waals surface area contributed by atoms with Gasteiger partial charge in [-0.15, -0.1) is 0 Å². The molecule has 1 unspecified atom stereocenters. The molecule has 2 heterocycles. The molecule has 1 aliphatic rings. The van der Waals surface area contributed by atoms with E-state index in [4.69, 9.17) is 9.47 Å². The van der Waals surface area contributed by atoms with Crippen molar-refractivity contribution >= 4 is 11.8 Å². The minimum absolute atomic E-state index is 0.0601. The predicted molar refractivity (Wildman–Crippen MR) is 104 cm³/mol. The Kier molecular flexibility index (Phi) is 5.75. The third-order valence-electron chi connectivity index (χ3n) is 4.69. The van der Waals surface area contributed by atoms with Gasteiger partial charge in [-0.25, -0.2) is 4.79 Å². The van der Waals surface area contributed by atoms with E-state index in [1.54, 1.807) is 27.7 Å². The summed E-state index contributed by atoms with van der Waals surface area (Å²) in [5.41, 5.74) is -0.982. The fourth-order valence-electron chi connectivity index (χ4n) is 2.85. The Bertz CT molecular complexity index is 967. The van der Waals surface area contributed by atoms with Crippen molar-refractivity contribution < 1.29 is 23.6 Å². The molecule has 1 aromatic heterocycles. The van der Waals surface area contributed by atoms with Crippen molar-refractivity contribution in [3.05, 3.63) is 39.8 Å². The second-order valence-electron chi connectivity index (χ2n) is 8.11. The Morgan fingerprint density at radius 3 is 2.60 bits per heavy atom. The summed E-state index contributed by atoms with van der Waals surface area (Å²) in [6, 6.07) is 3.10. The number of ether oxygens (including phenoxy) is 2. The highest BCUT2D eigenvalue weighted by Crippen LogP contribution is 2.34. The second kappa shape index (κ2) is 7.98. The number of carbonyl (C=O) groups excluding carboxylic acids is 1. The Labute approximate surface area is 172 Å². The van der Waals surface area contributed by atoms with Crippen LogP contribution in [0.1, 0.15) is 45.5 Å². The summed E-state index contributed by atoms with van der Waals surface area (Å²) in [6.07, 6.45) is -0.581. The van der Waals surface area contributed by atoms with E-state index >= 15 is 0 Å². The molecule has 162 valence electrons. The van der Waals surface area contributed by atoms with Crippen molar-refractivity contribution in [1.29, 1.82) is 0 Å². The number of benzene rings is 1. The summed E-state index contributed by atoms with van der Waals surface area (Å²) < 4.78 is 25.5. The van der Waals surface area contributed by atoms with E-state index in [1.807, 2.05) is 0 Å². The molecule has 1 atom stereocenters. The molecule has 30 heavy (non-hydrogen) atoms. The topological polar surface area (TPSA) is 113 Å². The normalized spacial score (nSPS) is 15.4. The van der Waals surface area contributed by atoms with Crippen LogP contribution in [0.4, 0.5) is 14.9 Å². The first-order valence-corrected chi connectivity index (χ1v) is 9.43. The highest BCUT2D eigenvalue weighted by molar-refractivity contribution is 5.70. The number of hydrogen-bond acceptors (Lipinski definition) is 7. The minimum atomic E-state index is -1.01. The van der Waals surface area contributed by atoms with Gasteiger partial charge < -0.3 is 14.4 Å². The number of aromatic nitrogens is 3. The van der Waals surface area contributed by atoms with Gasteiger partial charge in [0.2, 0.25) is 5.82 Å². The Balaban J connectivity index is 2.04. The van der Waals surface area contributed by atoms with Gasteiger partial charge in [0.05, 0.1) is 24.2 Å². The van der Waals surface area contributed by atoms with E-state index in [-0.39, 0.29) is 17.3 Å². The molecule has 3 rings (SSSR count). The summed E-state index contributed by atoms with van der Waals surface area (Å²) in [7, 11) is 1.54. The largest absolute Gasteiger partial charge is 0.444 e. The van der Waals surface area contributed by atoms with Crippen molar-refractivity contribution in [3.63, 3.8) is 0 Å². The van der Waals surface area contributed by atoms with Crippen LogP contribution in [-0.4, -0.2) is 56.8 Å². The van der Waals surface area contributed by atoms with Gasteiger partial charge in [0.25, 0.3) is 0 Å². The van der Waals surface area contributed by atoms with E-state index in [9.17, 15) is 19.3 Å². The van der Waals surface area contributed by atoms with Gasteiger partial charge in [-0.1, -0.05) is 6.07 Å². The van der Waals surface area contributed by atoms with Crippen molar-refractivity contribution in [2.45, 2.75) is 45.4 Å². The number of nitrogens with zero attached hydrogens (tertiary/aromatic N) is 5. The lowest BCUT2D eigenvalue weighted by Crippen LogP contribution is -2.36. The fraction of sp³-hybridized carbons (Fsp3) is 0.526. The van der Waals surface area contributed by atoms with E-state index in [1.165, 1.54) is 28.9 Å². The van der Waals surface area contributed by atoms with Crippen LogP contribution in [0.25, 0.3) is 11.3 Å². The molecule has 2 aromatic rings. The Morgan fingerprint density at radius 1 is 1.40 bits per heavy atom. The van der Waals surface area contributed by atoms with Crippen molar-refractivity contribution in [2.75, 3.05) is 20.3 Å². The smallest absolute Gasteiger partial charge is 0.410 e. The first-order valence-electron chi connectivity index (χ1n) is 9.43. The van der Waals surface area contributed by atoms with E-state index in [0.717, 1.165) is 6.07 Å². The summed E-state index contributed by atoms with van der Waals surface area (Å²) in [4.78, 5) is 25.6. The summed E-state index contributed by atoms with van der Waals surface area (Å²) in [5, 5.41) is 20.0. The molecule has 11 heteroatoms. The molecule has 1 aliphatic heterocycles. The van der Waals surface area contributed by atoms with Crippen LogP contribution < -0.4 is 0 Å². The van der Waals surface area contributed by atoms with Gasteiger partial charge >= 0.3 is 11.8 Å². The van der Waals surface area contributed by atoms with Crippen LogP contribution in [0.5, 0.6) is 0 Å². The SMILES string of the molecule is CC(c1nn(C2COC2)nc1-c1cccc([N+](=O)[O-])c1F)N(C)C(=O)OC(C)(C)C. The average molecular weight is 421 g/mol. The number of nitro benzene ring substituents is 1. The number of carbonyl (C=O) groups is 1. The highest BCUT2D eigenvalue weighted by atomic mass is 19.1. The summed E-state index contributed by atoms with van der Waals surface area (Å²) in [5.74, 6) is -1.01. The van der Waals surface area contributed by atoms with Gasteiger partial charge in [-0.05, 0) is 33.8 Å². The van der Waals surface area contributed by atoms with Crippen molar-refractivity contribution in [1.82, 2.24) is 19.9 Å². The molecule has 0 N–H and O–H groups in total. The van der Waals surface area contributed by atoms with Crippen LogP contribution in [0, 0.1) is 15.9 Å². The monoisotopic (exact) mass is 421 g/mol. The average Bonchev–Trinajstić information content (AvgIpc) is 3.01. The maximum absolute atomic E-state index is 14.9. The molecule has 1 fully saturated rings. The standard InChI is InChI=1S/C19H24FN5O5/c1-11(23(5)18(26)30-19(2,3)4)16-17(22-24(21-16)12-9-29-10-12)13-7-6-8-14(15(13)20)25(27)28/h6-8,11-12H,9-10H2,1-5H3. The highest BCUT2D eigenvalue weighted by Gasteiger charge is 2.33. The van der Waals surface area contributed by atoms with E-state index in [2.05, 4.69) is 10.2 Å². The van der Waals surface area contributed by atoms with Crippen LogP contribution in [0.2, 0.25) is 0 Å². The first-order chi connectivity index (χ1) is 14.0. The van der Waals surface area contributed by atoms with Crippen LogP contribution in [-0.2, 0) is 9.47 Å². The van der Waals surface area contributed by atoms with Crippen molar-refractivity contribution in [3.8, 4) is 11.3 Å². The zero-order valence-corrected chi connectivity index (χ0v) is 17.5.